The molecule has 1 heterocycles. The molecule has 0 aromatic heterocycles. The molecule has 3 rings (SSSR count). The van der Waals surface area contributed by atoms with Gasteiger partial charge in [0.05, 0.1) is 6.10 Å². The number of nitrogens with two attached hydrogens (primary N) is 1. The third kappa shape index (κ3) is 3.48. The summed E-state index contributed by atoms with van der Waals surface area (Å²) in [7, 11) is 0. The lowest BCUT2D eigenvalue weighted by Gasteiger charge is -2.26. The van der Waals surface area contributed by atoms with Crippen LogP contribution in [0.2, 0.25) is 0 Å². The van der Waals surface area contributed by atoms with Crippen LogP contribution in [-0.2, 0) is 0 Å². The van der Waals surface area contributed by atoms with Crippen molar-refractivity contribution < 1.29 is 14.6 Å². The van der Waals surface area contributed by atoms with Gasteiger partial charge in [0.2, 0.25) is 6.79 Å². The largest absolute Gasteiger partial charge is 0.454 e. The van der Waals surface area contributed by atoms with Crippen LogP contribution in [-0.4, -0.2) is 30.5 Å². The Bertz CT molecular complexity index is 475. The molecule has 0 amide bonds. The molecule has 1 aliphatic heterocycles. The number of hydrogen-bond donors (Lipinski definition) is 3. The van der Waals surface area contributed by atoms with Gasteiger partial charge in [0, 0.05) is 18.6 Å². The molecule has 2 atom stereocenters. The van der Waals surface area contributed by atoms with Gasteiger partial charge >= 0.3 is 0 Å². The van der Waals surface area contributed by atoms with Gasteiger partial charge in [0.15, 0.2) is 11.5 Å². The first-order valence-corrected chi connectivity index (χ1v) is 7.80. The zero-order valence-corrected chi connectivity index (χ0v) is 12.3. The molecular formula is C16H24N2O3. The molecule has 1 saturated carbocycles. The van der Waals surface area contributed by atoms with E-state index in [2.05, 4.69) is 5.32 Å². The third-order valence-corrected chi connectivity index (χ3v) is 4.39. The molecule has 1 aromatic rings. The molecule has 0 bridgehead atoms. The topological polar surface area (TPSA) is 76.7 Å². The average molecular weight is 292 g/mol. The average Bonchev–Trinajstić information content (AvgIpc) is 3.00. The lowest BCUT2D eigenvalue weighted by molar-refractivity contribution is 0.141. The van der Waals surface area contributed by atoms with E-state index in [1.165, 1.54) is 32.1 Å². The molecule has 2 unspecified atom stereocenters. The van der Waals surface area contributed by atoms with Crippen molar-refractivity contribution in [3.8, 4) is 11.5 Å². The Morgan fingerprint density at radius 1 is 1.19 bits per heavy atom. The van der Waals surface area contributed by atoms with Crippen LogP contribution in [0.25, 0.3) is 0 Å². The number of aliphatic hydroxyl groups is 1. The van der Waals surface area contributed by atoms with Gasteiger partial charge in [0.25, 0.3) is 0 Å². The third-order valence-electron chi connectivity index (χ3n) is 4.39. The van der Waals surface area contributed by atoms with Crippen molar-refractivity contribution in [1.82, 2.24) is 5.32 Å². The van der Waals surface area contributed by atoms with Gasteiger partial charge in [-0.1, -0.05) is 25.3 Å². The smallest absolute Gasteiger partial charge is 0.231 e. The molecule has 0 spiro atoms. The molecule has 0 radical (unpaired) electrons. The first kappa shape index (κ1) is 14.6. The molecule has 0 saturated heterocycles. The highest BCUT2D eigenvalue weighted by atomic mass is 16.7. The Hall–Kier alpha value is -1.30. The van der Waals surface area contributed by atoms with Gasteiger partial charge in [-0.3, -0.25) is 0 Å². The lowest BCUT2D eigenvalue weighted by atomic mass is 9.95. The highest BCUT2D eigenvalue weighted by Gasteiger charge is 2.22. The van der Waals surface area contributed by atoms with Crippen LogP contribution in [0, 0.1) is 0 Å². The molecule has 5 heteroatoms. The molecule has 116 valence electrons. The fraction of sp³-hybridized carbons (Fsp3) is 0.625. The number of benzene rings is 1. The van der Waals surface area contributed by atoms with E-state index < -0.39 is 6.10 Å². The van der Waals surface area contributed by atoms with Crippen molar-refractivity contribution in [2.75, 3.05) is 13.3 Å². The molecule has 5 nitrogen and oxygen atoms in total. The summed E-state index contributed by atoms with van der Waals surface area (Å²) < 4.78 is 10.6. The quantitative estimate of drug-likeness (QED) is 0.770. The van der Waals surface area contributed by atoms with Crippen molar-refractivity contribution in [2.45, 2.75) is 50.3 Å². The van der Waals surface area contributed by atoms with Gasteiger partial charge in [-0.05, 0) is 30.5 Å². The van der Waals surface area contributed by atoms with E-state index in [1.807, 2.05) is 18.2 Å². The first-order chi connectivity index (χ1) is 10.2. The van der Waals surface area contributed by atoms with E-state index in [0.717, 1.165) is 11.3 Å². The minimum Gasteiger partial charge on any atom is -0.454 e. The van der Waals surface area contributed by atoms with Crippen LogP contribution >= 0.6 is 0 Å². The molecule has 2 aliphatic rings. The second kappa shape index (κ2) is 6.64. The molecule has 1 aliphatic carbocycles. The van der Waals surface area contributed by atoms with Gasteiger partial charge in [-0.2, -0.15) is 0 Å². The molecule has 1 fully saturated rings. The summed E-state index contributed by atoms with van der Waals surface area (Å²) in [6.07, 6.45) is 5.65. The minimum atomic E-state index is -0.699. The van der Waals surface area contributed by atoms with E-state index >= 15 is 0 Å². The second-order valence-corrected chi connectivity index (χ2v) is 5.96. The van der Waals surface area contributed by atoms with Gasteiger partial charge in [-0.15, -0.1) is 0 Å². The fourth-order valence-electron chi connectivity index (χ4n) is 3.07. The van der Waals surface area contributed by atoms with Gasteiger partial charge < -0.3 is 25.6 Å². The van der Waals surface area contributed by atoms with Crippen molar-refractivity contribution in [1.29, 1.82) is 0 Å². The number of aliphatic hydroxyl groups excluding tert-OH is 1. The maximum absolute atomic E-state index is 10.4. The van der Waals surface area contributed by atoms with E-state index in [4.69, 9.17) is 15.2 Å². The van der Waals surface area contributed by atoms with E-state index in [-0.39, 0.29) is 12.8 Å². The Kier molecular flexibility index (Phi) is 4.63. The van der Waals surface area contributed by atoms with E-state index in [9.17, 15) is 5.11 Å². The van der Waals surface area contributed by atoms with Crippen molar-refractivity contribution in [2.24, 2.45) is 5.73 Å². The van der Waals surface area contributed by atoms with Crippen LogP contribution < -0.4 is 20.5 Å². The summed E-state index contributed by atoms with van der Waals surface area (Å²) >= 11 is 0. The van der Waals surface area contributed by atoms with E-state index in [1.54, 1.807) is 0 Å². The van der Waals surface area contributed by atoms with Crippen molar-refractivity contribution in [3.05, 3.63) is 23.8 Å². The van der Waals surface area contributed by atoms with Crippen LogP contribution in [0.3, 0.4) is 0 Å². The van der Waals surface area contributed by atoms with Crippen molar-refractivity contribution in [3.63, 3.8) is 0 Å². The number of ether oxygens (including phenoxy) is 2. The normalized spacial score (nSPS) is 21.2. The van der Waals surface area contributed by atoms with Crippen LogP contribution in [0.5, 0.6) is 11.5 Å². The molecule has 21 heavy (non-hydrogen) atoms. The summed E-state index contributed by atoms with van der Waals surface area (Å²) in [6.45, 7) is 0.866. The number of fused-ring (bicyclic) bond motifs is 1. The summed E-state index contributed by atoms with van der Waals surface area (Å²) in [5.74, 6) is 1.40. The van der Waals surface area contributed by atoms with E-state index in [0.29, 0.717) is 18.3 Å². The SMILES string of the molecule is NC(CNC1CCCCC1)C(O)c1ccc2c(c1)OCO2. The zero-order chi connectivity index (χ0) is 14.7. The predicted molar refractivity (Wildman–Crippen MR) is 80.4 cm³/mol. The monoisotopic (exact) mass is 292 g/mol. The summed E-state index contributed by atoms with van der Waals surface area (Å²) in [4.78, 5) is 0. The predicted octanol–water partition coefficient (Wildman–Crippen LogP) is 1.70. The number of hydrogen-bond acceptors (Lipinski definition) is 5. The van der Waals surface area contributed by atoms with Crippen LogP contribution in [0.15, 0.2) is 18.2 Å². The Morgan fingerprint density at radius 3 is 2.76 bits per heavy atom. The Balaban J connectivity index is 1.55. The first-order valence-electron chi connectivity index (χ1n) is 7.80. The zero-order valence-electron chi connectivity index (χ0n) is 12.3. The Labute approximate surface area is 125 Å². The highest BCUT2D eigenvalue weighted by molar-refractivity contribution is 5.45. The number of rotatable bonds is 5. The van der Waals surface area contributed by atoms with Crippen molar-refractivity contribution >= 4 is 0 Å². The summed E-state index contributed by atoms with van der Waals surface area (Å²) in [6, 6.07) is 5.70. The maximum atomic E-state index is 10.4. The summed E-state index contributed by atoms with van der Waals surface area (Å²) in [5.41, 5.74) is 6.90. The lowest BCUT2D eigenvalue weighted by Crippen LogP contribution is -2.43. The minimum absolute atomic E-state index is 0.240. The fourth-order valence-corrected chi connectivity index (χ4v) is 3.07. The maximum Gasteiger partial charge on any atom is 0.231 e. The summed E-state index contributed by atoms with van der Waals surface area (Å²) in [5, 5.41) is 13.9. The van der Waals surface area contributed by atoms with Gasteiger partial charge in [0.1, 0.15) is 0 Å². The Morgan fingerprint density at radius 2 is 1.95 bits per heavy atom. The molecule has 4 N–H and O–H groups in total. The highest BCUT2D eigenvalue weighted by Crippen LogP contribution is 2.34. The number of nitrogens with one attached hydrogen (secondary N) is 1. The van der Waals surface area contributed by atoms with Crippen LogP contribution in [0.1, 0.15) is 43.8 Å². The molecular weight excluding hydrogens is 268 g/mol. The second-order valence-electron chi connectivity index (χ2n) is 5.96. The van der Waals surface area contributed by atoms with Crippen LogP contribution in [0.4, 0.5) is 0 Å². The molecule has 1 aromatic carbocycles. The van der Waals surface area contributed by atoms with Gasteiger partial charge in [-0.25, -0.2) is 0 Å². The standard InChI is InChI=1S/C16H24N2O3/c17-13(9-18-12-4-2-1-3-5-12)16(19)11-6-7-14-15(8-11)21-10-20-14/h6-8,12-13,16,18-19H,1-5,9-10,17H2.